The minimum Gasteiger partial charge on any atom is -0.377 e. The van der Waals surface area contributed by atoms with Gasteiger partial charge in [0.15, 0.2) is 0 Å². The molecule has 112 valence electrons. The van der Waals surface area contributed by atoms with E-state index in [9.17, 15) is 0 Å². The van der Waals surface area contributed by atoms with E-state index in [0.29, 0.717) is 24.1 Å². The molecule has 4 nitrogen and oxygen atoms in total. The first-order valence-electron chi connectivity index (χ1n) is 7.85. The van der Waals surface area contributed by atoms with E-state index < -0.39 is 0 Å². The summed E-state index contributed by atoms with van der Waals surface area (Å²) in [7, 11) is 2.22. The van der Waals surface area contributed by atoms with Crippen LogP contribution in [0.15, 0.2) is 0 Å². The van der Waals surface area contributed by atoms with Gasteiger partial charge in [0.05, 0.1) is 6.10 Å². The van der Waals surface area contributed by atoms with Crippen LogP contribution in [-0.2, 0) is 4.74 Å². The second kappa shape index (κ2) is 7.02. The average Bonchev–Trinajstić information content (AvgIpc) is 2.77. The lowest BCUT2D eigenvalue weighted by atomic mass is 10.0. The molecule has 0 aromatic heterocycles. The Hall–Kier alpha value is -0.160. The number of rotatable bonds is 5. The summed E-state index contributed by atoms with van der Waals surface area (Å²) in [6.07, 6.45) is 1.54. The molecule has 19 heavy (non-hydrogen) atoms. The Morgan fingerprint density at radius 1 is 1.21 bits per heavy atom. The number of ether oxygens (including phenoxy) is 1. The Morgan fingerprint density at radius 3 is 2.42 bits per heavy atom. The molecule has 2 rings (SSSR count). The van der Waals surface area contributed by atoms with Gasteiger partial charge in [-0.15, -0.1) is 0 Å². The van der Waals surface area contributed by atoms with Crippen LogP contribution in [0.2, 0.25) is 0 Å². The molecular formula is C15H31N3O. The highest BCUT2D eigenvalue weighted by Crippen LogP contribution is 2.16. The van der Waals surface area contributed by atoms with Gasteiger partial charge in [0, 0.05) is 51.4 Å². The predicted octanol–water partition coefficient (Wildman–Crippen LogP) is 1.03. The maximum Gasteiger partial charge on any atom is 0.0700 e. The second-order valence-corrected chi connectivity index (χ2v) is 6.53. The first-order chi connectivity index (χ1) is 9.08. The molecule has 0 saturated carbocycles. The molecule has 2 aliphatic rings. The Labute approximate surface area is 118 Å². The van der Waals surface area contributed by atoms with E-state index >= 15 is 0 Å². The van der Waals surface area contributed by atoms with Gasteiger partial charge in [-0.3, -0.25) is 4.90 Å². The van der Waals surface area contributed by atoms with Gasteiger partial charge in [0.2, 0.25) is 0 Å². The van der Waals surface area contributed by atoms with Crippen molar-refractivity contribution in [1.29, 1.82) is 0 Å². The topological polar surface area (TPSA) is 27.7 Å². The van der Waals surface area contributed by atoms with E-state index in [1.807, 2.05) is 0 Å². The summed E-state index contributed by atoms with van der Waals surface area (Å²) >= 11 is 0. The maximum atomic E-state index is 5.63. The quantitative estimate of drug-likeness (QED) is 0.807. The number of piperazine rings is 1. The van der Waals surface area contributed by atoms with Crippen molar-refractivity contribution < 1.29 is 4.74 Å². The molecule has 2 aliphatic heterocycles. The van der Waals surface area contributed by atoms with Gasteiger partial charge >= 0.3 is 0 Å². The molecule has 4 heteroatoms. The third-order valence-corrected chi connectivity index (χ3v) is 4.74. The fourth-order valence-electron chi connectivity index (χ4n) is 3.21. The van der Waals surface area contributed by atoms with E-state index in [1.54, 1.807) is 0 Å². The summed E-state index contributed by atoms with van der Waals surface area (Å²) in [4.78, 5) is 5.09. The van der Waals surface area contributed by atoms with Crippen LogP contribution in [-0.4, -0.2) is 74.4 Å². The van der Waals surface area contributed by atoms with Crippen molar-refractivity contribution in [2.75, 3.05) is 46.4 Å². The average molecular weight is 269 g/mol. The van der Waals surface area contributed by atoms with Crippen LogP contribution in [0.4, 0.5) is 0 Å². The smallest absolute Gasteiger partial charge is 0.0700 e. The third-order valence-electron chi connectivity index (χ3n) is 4.74. The summed E-state index contributed by atoms with van der Waals surface area (Å²) in [6.45, 7) is 13.7. The molecule has 0 spiro atoms. The number of hydrogen-bond donors (Lipinski definition) is 1. The van der Waals surface area contributed by atoms with E-state index in [0.717, 1.165) is 19.6 Å². The van der Waals surface area contributed by atoms with Gasteiger partial charge < -0.3 is 15.0 Å². The Balaban J connectivity index is 1.82. The largest absolute Gasteiger partial charge is 0.377 e. The molecule has 2 saturated heterocycles. The van der Waals surface area contributed by atoms with E-state index in [-0.39, 0.29) is 0 Å². The van der Waals surface area contributed by atoms with Crippen molar-refractivity contribution in [1.82, 2.24) is 15.1 Å². The highest BCUT2D eigenvalue weighted by molar-refractivity contribution is 4.85. The van der Waals surface area contributed by atoms with Gasteiger partial charge in [-0.05, 0) is 26.3 Å². The van der Waals surface area contributed by atoms with E-state index in [4.69, 9.17) is 4.74 Å². The molecule has 0 aliphatic carbocycles. The maximum absolute atomic E-state index is 5.63. The summed E-state index contributed by atoms with van der Waals surface area (Å²) in [5.74, 6) is 0.702. The van der Waals surface area contributed by atoms with Crippen LogP contribution in [0.3, 0.4) is 0 Å². The lowest BCUT2D eigenvalue weighted by Crippen LogP contribution is -2.55. The van der Waals surface area contributed by atoms with E-state index in [2.05, 4.69) is 42.9 Å². The number of hydrogen-bond acceptors (Lipinski definition) is 4. The minimum absolute atomic E-state index is 0.375. The highest BCUT2D eigenvalue weighted by Gasteiger charge is 2.28. The summed E-state index contributed by atoms with van der Waals surface area (Å²) in [5.41, 5.74) is 0. The van der Waals surface area contributed by atoms with Gasteiger partial charge in [-0.25, -0.2) is 0 Å². The summed E-state index contributed by atoms with van der Waals surface area (Å²) < 4.78 is 5.63. The lowest BCUT2D eigenvalue weighted by molar-refractivity contribution is 0.0798. The first-order valence-corrected chi connectivity index (χ1v) is 7.85. The van der Waals surface area contributed by atoms with Crippen LogP contribution in [0.5, 0.6) is 0 Å². The number of likely N-dealkylation sites (N-methyl/N-ethyl adjacent to an activating group) is 1. The molecule has 1 N–H and O–H groups in total. The van der Waals surface area contributed by atoms with Crippen LogP contribution in [0.1, 0.15) is 27.2 Å². The van der Waals surface area contributed by atoms with E-state index in [1.165, 1.54) is 26.2 Å². The second-order valence-electron chi connectivity index (χ2n) is 6.53. The fraction of sp³-hybridized carbons (Fsp3) is 1.00. The van der Waals surface area contributed by atoms with Crippen molar-refractivity contribution >= 4 is 0 Å². The fourth-order valence-corrected chi connectivity index (χ4v) is 3.21. The molecule has 2 heterocycles. The molecular weight excluding hydrogens is 238 g/mol. The lowest BCUT2D eigenvalue weighted by Gasteiger charge is -2.40. The highest BCUT2D eigenvalue weighted by atomic mass is 16.5. The molecule has 0 aromatic rings. The Kier molecular flexibility index (Phi) is 5.63. The van der Waals surface area contributed by atoms with Crippen molar-refractivity contribution in [2.24, 2.45) is 5.92 Å². The third kappa shape index (κ3) is 4.15. The van der Waals surface area contributed by atoms with Gasteiger partial charge in [-0.1, -0.05) is 13.8 Å². The Morgan fingerprint density at radius 2 is 1.89 bits per heavy atom. The molecule has 0 bridgehead atoms. The summed E-state index contributed by atoms with van der Waals surface area (Å²) in [5, 5.41) is 3.74. The van der Waals surface area contributed by atoms with Crippen LogP contribution in [0.25, 0.3) is 0 Å². The number of nitrogens with zero attached hydrogens (tertiary/aromatic N) is 2. The van der Waals surface area contributed by atoms with Crippen LogP contribution >= 0.6 is 0 Å². The van der Waals surface area contributed by atoms with Gasteiger partial charge in [-0.2, -0.15) is 0 Å². The first kappa shape index (κ1) is 15.2. The van der Waals surface area contributed by atoms with Crippen molar-refractivity contribution in [2.45, 2.75) is 45.4 Å². The zero-order valence-electron chi connectivity index (χ0n) is 13.1. The molecule has 0 amide bonds. The van der Waals surface area contributed by atoms with Crippen molar-refractivity contribution in [3.63, 3.8) is 0 Å². The monoisotopic (exact) mass is 269 g/mol. The molecule has 0 radical (unpaired) electrons. The SMILES string of the molecule is CC(C)C(CNC1CCOC1C)N1CCN(C)CC1. The minimum atomic E-state index is 0.375. The van der Waals surface area contributed by atoms with Crippen molar-refractivity contribution in [3.8, 4) is 0 Å². The molecule has 3 atom stereocenters. The zero-order valence-corrected chi connectivity index (χ0v) is 13.1. The van der Waals surface area contributed by atoms with Crippen LogP contribution < -0.4 is 5.32 Å². The molecule has 3 unspecified atom stereocenters. The predicted molar refractivity (Wildman–Crippen MR) is 79.5 cm³/mol. The molecule has 0 aromatic carbocycles. The zero-order chi connectivity index (χ0) is 13.8. The Bertz CT molecular complexity index is 264. The molecule has 2 fully saturated rings. The number of nitrogens with one attached hydrogen (secondary N) is 1. The van der Waals surface area contributed by atoms with Crippen molar-refractivity contribution in [3.05, 3.63) is 0 Å². The van der Waals surface area contributed by atoms with Crippen LogP contribution in [0, 0.1) is 5.92 Å². The van der Waals surface area contributed by atoms with Gasteiger partial charge in [0.25, 0.3) is 0 Å². The van der Waals surface area contributed by atoms with Gasteiger partial charge in [0.1, 0.15) is 0 Å². The standard InChI is InChI=1S/C15H31N3O/c1-12(2)15(18-8-6-17(4)7-9-18)11-16-14-5-10-19-13(14)3/h12-16H,5-11H2,1-4H3. The summed E-state index contributed by atoms with van der Waals surface area (Å²) in [6, 6.07) is 1.20. The normalized spacial score (nSPS) is 32.1.